The van der Waals surface area contributed by atoms with E-state index in [0.717, 1.165) is 42.9 Å². The summed E-state index contributed by atoms with van der Waals surface area (Å²) in [4.78, 5) is 16.6. The van der Waals surface area contributed by atoms with Crippen LogP contribution in [0, 0.1) is 17.6 Å². The predicted molar refractivity (Wildman–Crippen MR) is 148 cm³/mol. The standard InChI is InChI=1S/C31H31ClF2N2O3/c1-19(20-8-10-23(11-9-20)31(37)38-2)39-18-29(21-6-4-3-5-7-21)36-28-17-26(34)25(33)16-27(28)35-30(36)22-12-14-24(32)15-13-22/h8-17,19,21,29H,3-7,18H2,1-2H3. The molecule has 0 aliphatic heterocycles. The summed E-state index contributed by atoms with van der Waals surface area (Å²) >= 11 is 6.15. The van der Waals surface area contributed by atoms with Gasteiger partial charge in [0.15, 0.2) is 11.6 Å². The number of imidazole rings is 1. The van der Waals surface area contributed by atoms with Gasteiger partial charge in [-0.3, -0.25) is 0 Å². The molecular weight excluding hydrogens is 522 g/mol. The Morgan fingerprint density at radius 3 is 2.36 bits per heavy atom. The average molecular weight is 553 g/mol. The summed E-state index contributed by atoms with van der Waals surface area (Å²) in [5.74, 6) is -1.32. The van der Waals surface area contributed by atoms with Crippen molar-refractivity contribution in [1.82, 2.24) is 9.55 Å². The molecule has 4 aromatic rings. The van der Waals surface area contributed by atoms with Gasteiger partial charge in [0.2, 0.25) is 0 Å². The molecule has 1 aliphatic carbocycles. The van der Waals surface area contributed by atoms with Crippen LogP contribution in [0.2, 0.25) is 5.02 Å². The Bertz CT molecular complexity index is 1450. The molecule has 3 aromatic carbocycles. The zero-order chi connectivity index (χ0) is 27.5. The van der Waals surface area contributed by atoms with Crippen molar-refractivity contribution >= 4 is 28.6 Å². The van der Waals surface area contributed by atoms with Crippen molar-refractivity contribution in [3.63, 3.8) is 0 Å². The summed E-state index contributed by atoms with van der Waals surface area (Å²) < 4.78 is 42.1. The third kappa shape index (κ3) is 5.85. The number of carbonyl (C=O) groups excluding carboxylic acids is 1. The average Bonchev–Trinajstić information content (AvgIpc) is 3.31. The summed E-state index contributed by atoms with van der Waals surface area (Å²) in [5.41, 5.74) is 3.13. The molecule has 0 spiro atoms. The van der Waals surface area contributed by atoms with Gasteiger partial charge in [0, 0.05) is 22.7 Å². The number of nitrogens with zero attached hydrogens (tertiary/aromatic N) is 2. The fraction of sp³-hybridized carbons (Fsp3) is 0.355. The van der Waals surface area contributed by atoms with E-state index in [9.17, 15) is 13.6 Å². The van der Waals surface area contributed by atoms with Gasteiger partial charge in [-0.15, -0.1) is 0 Å². The molecule has 1 saturated carbocycles. The van der Waals surface area contributed by atoms with Crippen LogP contribution in [-0.2, 0) is 9.47 Å². The Hall–Kier alpha value is -3.29. The second-order valence-electron chi connectivity index (χ2n) is 10.1. The van der Waals surface area contributed by atoms with Gasteiger partial charge in [-0.25, -0.2) is 18.6 Å². The Morgan fingerprint density at radius 2 is 1.69 bits per heavy atom. The van der Waals surface area contributed by atoms with E-state index < -0.39 is 17.6 Å². The third-order valence-electron chi connectivity index (χ3n) is 7.68. The fourth-order valence-corrected chi connectivity index (χ4v) is 5.64. The molecule has 1 aromatic heterocycles. The van der Waals surface area contributed by atoms with Gasteiger partial charge in [-0.2, -0.15) is 0 Å². The molecule has 1 heterocycles. The van der Waals surface area contributed by atoms with E-state index in [1.54, 1.807) is 24.3 Å². The lowest BCUT2D eigenvalue weighted by Crippen LogP contribution is -2.27. The molecule has 5 rings (SSSR count). The van der Waals surface area contributed by atoms with E-state index >= 15 is 0 Å². The van der Waals surface area contributed by atoms with Crippen molar-refractivity contribution in [3.8, 4) is 11.4 Å². The first-order valence-corrected chi connectivity index (χ1v) is 13.7. The van der Waals surface area contributed by atoms with Crippen LogP contribution in [0.1, 0.15) is 67.1 Å². The fourth-order valence-electron chi connectivity index (χ4n) is 5.52. The molecule has 0 radical (unpaired) electrons. The highest BCUT2D eigenvalue weighted by Gasteiger charge is 2.30. The number of rotatable bonds is 8. The van der Waals surface area contributed by atoms with Crippen molar-refractivity contribution in [3.05, 3.63) is 88.4 Å². The largest absolute Gasteiger partial charge is 0.465 e. The number of benzene rings is 3. The Balaban J connectivity index is 1.53. The normalized spacial score (nSPS) is 15.8. The Morgan fingerprint density at radius 1 is 1.03 bits per heavy atom. The molecule has 2 unspecified atom stereocenters. The number of hydrogen-bond acceptors (Lipinski definition) is 4. The van der Waals surface area contributed by atoms with Crippen molar-refractivity contribution in [2.24, 2.45) is 5.92 Å². The van der Waals surface area contributed by atoms with E-state index in [0.29, 0.717) is 34.1 Å². The minimum atomic E-state index is -0.927. The van der Waals surface area contributed by atoms with Gasteiger partial charge in [0.25, 0.3) is 0 Å². The van der Waals surface area contributed by atoms with Crippen LogP contribution >= 0.6 is 11.6 Å². The lowest BCUT2D eigenvalue weighted by molar-refractivity contribution is 0.0236. The zero-order valence-electron chi connectivity index (χ0n) is 22.0. The number of fused-ring (bicyclic) bond motifs is 1. The summed E-state index contributed by atoms with van der Waals surface area (Å²) in [5, 5.41) is 0.595. The number of methoxy groups -OCH3 is 1. The molecule has 204 valence electrons. The lowest BCUT2D eigenvalue weighted by atomic mass is 9.83. The minimum absolute atomic E-state index is 0.150. The highest BCUT2D eigenvalue weighted by atomic mass is 35.5. The first-order valence-electron chi connectivity index (χ1n) is 13.3. The summed E-state index contributed by atoms with van der Waals surface area (Å²) in [6.45, 7) is 2.32. The van der Waals surface area contributed by atoms with E-state index in [-0.39, 0.29) is 18.1 Å². The lowest BCUT2D eigenvalue weighted by Gasteiger charge is -2.33. The predicted octanol–water partition coefficient (Wildman–Crippen LogP) is 8.32. The number of carbonyl (C=O) groups is 1. The third-order valence-corrected chi connectivity index (χ3v) is 7.93. The van der Waals surface area contributed by atoms with Crippen molar-refractivity contribution < 1.29 is 23.0 Å². The second kappa shape index (κ2) is 11.8. The van der Waals surface area contributed by atoms with Crippen molar-refractivity contribution in [1.29, 1.82) is 0 Å². The van der Waals surface area contributed by atoms with Gasteiger partial charge >= 0.3 is 5.97 Å². The van der Waals surface area contributed by atoms with Crippen LogP contribution in [0.4, 0.5) is 8.78 Å². The molecule has 0 amide bonds. The maximum absolute atomic E-state index is 14.6. The van der Waals surface area contributed by atoms with E-state index in [1.807, 2.05) is 35.8 Å². The van der Waals surface area contributed by atoms with Gasteiger partial charge in [-0.1, -0.05) is 43.0 Å². The molecule has 0 N–H and O–H groups in total. The van der Waals surface area contributed by atoms with Crippen LogP contribution < -0.4 is 0 Å². The molecular formula is C31H31ClF2N2O3. The van der Waals surface area contributed by atoms with E-state index in [4.69, 9.17) is 26.1 Å². The SMILES string of the molecule is COC(=O)c1ccc(C(C)OCC(C2CCCCC2)n2c(-c3ccc(Cl)cc3)nc3cc(F)c(F)cc32)cc1. The molecule has 0 bridgehead atoms. The first-order chi connectivity index (χ1) is 18.9. The Labute approximate surface area is 231 Å². The van der Waals surface area contributed by atoms with Crippen molar-refractivity contribution in [2.45, 2.75) is 51.2 Å². The number of halogens is 3. The maximum atomic E-state index is 14.6. The molecule has 2 atom stereocenters. The van der Waals surface area contributed by atoms with Gasteiger partial charge in [0.1, 0.15) is 5.82 Å². The van der Waals surface area contributed by atoms with Gasteiger partial charge < -0.3 is 14.0 Å². The summed E-state index contributed by atoms with van der Waals surface area (Å²) in [6.07, 6.45) is 5.17. The van der Waals surface area contributed by atoms with Crippen LogP contribution in [0.25, 0.3) is 22.4 Å². The van der Waals surface area contributed by atoms with Gasteiger partial charge in [-0.05, 0) is 67.6 Å². The molecule has 39 heavy (non-hydrogen) atoms. The first kappa shape index (κ1) is 27.3. The zero-order valence-corrected chi connectivity index (χ0v) is 22.8. The van der Waals surface area contributed by atoms with Crippen molar-refractivity contribution in [2.75, 3.05) is 13.7 Å². The van der Waals surface area contributed by atoms with Crippen LogP contribution in [0.5, 0.6) is 0 Å². The number of aromatic nitrogens is 2. The van der Waals surface area contributed by atoms with Crippen LogP contribution in [0.15, 0.2) is 60.7 Å². The molecule has 8 heteroatoms. The number of esters is 1. The molecule has 5 nitrogen and oxygen atoms in total. The Kier molecular flexibility index (Phi) is 8.29. The monoisotopic (exact) mass is 552 g/mol. The smallest absolute Gasteiger partial charge is 0.337 e. The minimum Gasteiger partial charge on any atom is -0.465 e. The molecule has 1 aliphatic rings. The van der Waals surface area contributed by atoms with Crippen LogP contribution in [-0.4, -0.2) is 29.2 Å². The van der Waals surface area contributed by atoms with E-state index in [1.165, 1.54) is 19.6 Å². The maximum Gasteiger partial charge on any atom is 0.337 e. The number of hydrogen-bond donors (Lipinski definition) is 0. The highest BCUT2D eigenvalue weighted by Crippen LogP contribution is 2.39. The summed E-state index contributed by atoms with van der Waals surface area (Å²) in [7, 11) is 1.35. The van der Waals surface area contributed by atoms with Gasteiger partial charge in [0.05, 0.1) is 42.5 Å². The molecule has 0 saturated heterocycles. The molecule has 1 fully saturated rings. The highest BCUT2D eigenvalue weighted by molar-refractivity contribution is 6.30. The van der Waals surface area contributed by atoms with E-state index in [2.05, 4.69) is 0 Å². The number of ether oxygens (including phenoxy) is 2. The van der Waals surface area contributed by atoms with Crippen LogP contribution in [0.3, 0.4) is 0 Å². The summed E-state index contributed by atoms with van der Waals surface area (Å²) in [6, 6.07) is 16.7. The second-order valence-corrected chi connectivity index (χ2v) is 10.6. The quantitative estimate of drug-likeness (QED) is 0.206. The topological polar surface area (TPSA) is 53.4 Å².